The van der Waals surface area contributed by atoms with E-state index in [4.69, 9.17) is 11.1 Å². The van der Waals surface area contributed by atoms with Crippen molar-refractivity contribution in [3.63, 3.8) is 0 Å². The number of hydrogen-bond donors (Lipinski definition) is 4. The van der Waals surface area contributed by atoms with E-state index < -0.39 is 0 Å². The standard InChI is InChI=1S/C21H29N7O3S/c1-13(29)24-21-26-16(10-7-14-5-8-15(9-6-14)25-20(22)23)18(32-21)19(31)28(4)12-11-17(30)27(2)3/h5-6,8-9H,7,10-12H2,1-4H3,(H4,22,23,25)(H,24,26,29). The number of thiazole rings is 1. The molecule has 2 rings (SSSR count). The highest BCUT2D eigenvalue weighted by Gasteiger charge is 2.22. The Morgan fingerprint density at radius 2 is 1.75 bits per heavy atom. The van der Waals surface area contributed by atoms with Crippen molar-refractivity contribution in [3.8, 4) is 0 Å². The van der Waals surface area contributed by atoms with Crippen molar-refractivity contribution in [2.45, 2.75) is 26.2 Å². The molecule has 0 saturated carbocycles. The Hall–Kier alpha value is -3.47. The molecule has 0 saturated heterocycles. The molecule has 0 unspecified atom stereocenters. The molecule has 0 bridgehead atoms. The maximum Gasteiger partial charge on any atom is 0.265 e. The molecule has 1 aromatic carbocycles. The van der Waals surface area contributed by atoms with E-state index in [9.17, 15) is 14.4 Å². The number of benzene rings is 1. The SMILES string of the molecule is CC(=O)Nc1nc(CCc2ccc(NC(=N)N)cc2)c(C(=O)N(C)CCC(=O)N(C)C)s1. The topological polar surface area (TPSA) is 145 Å². The number of nitrogens with two attached hydrogens (primary N) is 1. The smallest absolute Gasteiger partial charge is 0.265 e. The van der Waals surface area contributed by atoms with E-state index >= 15 is 0 Å². The molecular formula is C21H29N7O3S. The zero-order chi connectivity index (χ0) is 23.8. The van der Waals surface area contributed by atoms with Gasteiger partial charge in [-0.3, -0.25) is 19.8 Å². The van der Waals surface area contributed by atoms with E-state index in [1.807, 2.05) is 24.3 Å². The maximum absolute atomic E-state index is 13.0. The zero-order valence-corrected chi connectivity index (χ0v) is 19.5. The molecule has 32 heavy (non-hydrogen) atoms. The summed E-state index contributed by atoms with van der Waals surface area (Å²) in [6.07, 6.45) is 1.36. The number of guanidine groups is 1. The van der Waals surface area contributed by atoms with Gasteiger partial charge in [-0.15, -0.1) is 0 Å². The molecule has 0 radical (unpaired) electrons. The van der Waals surface area contributed by atoms with Crippen molar-refractivity contribution in [3.05, 3.63) is 40.4 Å². The Kier molecular flexibility index (Phi) is 8.71. The molecule has 2 aromatic rings. The van der Waals surface area contributed by atoms with Crippen LogP contribution in [0.25, 0.3) is 0 Å². The third-order valence-corrected chi connectivity index (χ3v) is 5.57. The highest BCUT2D eigenvalue weighted by Crippen LogP contribution is 2.26. The molecule has 1 aromatic heterocycles. The lowest BCUT2D eigenvalue weighted by molar-refractivity contribution is -0.128. The molecule has 1 heterocycles. The van der Waals surface area contributed by atoms with Gasteiger partial charge in [0.1, 0.15) is 4.88 Å². The second-order valence-corrected chi connectivity index (χ2v) is 8.48. The first-order chi connectivity index (χ1) is 15.1. The molecule has 0 aliphatic rings. The molecule has 3 amide bonds. The van der Waals surface area contributed by atoms with E-state index in [0.29, 0.717) is 34.2 Å². The molecular weight excluding hydrogens is 430 g/mol. The van der Waals surface area contributed by atoms with E-state index in [0.717, 1.165) is 16.9 Å². The van der Waals surface area contributed by atoms with Crippen LogP contribution in [-0.4, -0.2) is 66.2 Å². The fourth-order valence-corrected chi connectivity index (χ4v) is 3.88. The minimum absolute atomic E-state index is 0.0594. The van der Waals surface area contributed by atoms with Gasteiger partial charge in [0.25, 0.3) is 5.91 Å². The summed E-state index contributed by atoms with van der Waals surface area (Å²) in [7, 11) is 5.00. The largest absolute Gasteiger partial charge is 0.370 e. The van der Waals surface area contributed by atoms with Gasteiger partial charge in [-0.05, 0) is 30.5 Å². The fraction of sp³-hybridized carbons (Fsp3) is 0.381. The molecule has 5 N–H and O–H groups in total. The summed E-state index contributed by atoms with van der Waals surface area (Å²) in [6.45, 7) is 1.67. The third kappa shape index (κ3) is 7.34. The van der Waals surface area contributed by atoms with Crippen molar-refractivity contribution >= 4 is 45.8 Å². The minimum Gasteiger partial charge on any atom is -0.370 e. The predicted molar refractivity (Wildman–Crippen MR) is 126 cm³/mol. The van der Waals surface area contributed by atoms with Gasteiger partial charge in [-0.25, -0.2) is 4.98 Å². The van der Waals surface area contributed by atoms with Gasteiger partial charge in [0.15, 0.2) is 11.1 Å². The first-order valence-electron chi connectivity index (χ1n) is 9.99. The summed E-state index contributed by atoms with van der Waals surface area (Å²) in [5, 5.41) is 13.0. The number of rotatable bonds is 9. The number of aromatic nitrogens is 1. The van der Waals surface area contributed by atoms with Gasteiger partial charge in [0.05, 0.1) is 5.69 Å². The first kappa shape index (κ1) is 24.8. The van der Waals surface area contributed by atoms with Crippen molar-refractivity contribution in [1.29, 1.82) is 5.41 Å². The monoisotopic (exact) mass is 459 g/mol. The molecule has 0 aliphatic heterocycles. The van der Waals surface area contributed by atoms with Gasteiger partial charge in [-0.2, -0.15) is 0 Å². The molecule has 0 fully saturated rings. The van der Waals surface area contributed by atoms with Crippen LogP contribution < -0.4 is 16.4 Å². The van der Waals surface area contributed by atoms with Crippen molar-refractivity contribution < 1.29 is 14.4 Å². The summed E-state index contributed by atoms with van der Waals surface area (Å²) in [6, 6.07) is 7.46. The quantitative estimate of drug-likeness (QED) is 0.332. The van der Waals surface area contributed by atoms with Crippen LogP contribution in [0.5, 0.6) is 0 Å². The van der Waals surface area contributed by atoms with Gasteiger partial charge < -0.3 is 26.2 Å². The van der Waals surface area contributed by atoms with E-state index in [1.165, 1.54) is 16.7 Å². The molecule has 11 heteroatoms. The Morgan fingerprint density at radius 1 is 1.09 bits per heavy atom. The number of nitrogens with one attached hydrogen (secondary N) is 3. The maximum atomic E-state index is 13.0. The Bertz CT molecular complexity index is 986. The average Bonchev–Trinajstić information content (AvgIpc) is 3.11. The van der Waals surface area contributed by atoms with E-state index in [1.54, 1.807) is 21.1 Å². The second kappa shape index (κ2) is 11.2. The number of amides is 3. The minimum atomic E-state index is -0.261. The van der Waals surface area contributed by atoms with Crippen molar-refractivity contribution in [2.24, 2.45) is 5.73 Å². The number of carbonyl (C=O) groups is 3. The van der Waals surface area contributed by atoms with Gasteiger partial charge in [0.2, 0.25) is 11.8 Å². The lowest BCUT2D eigenvalue weighted by Crippen LogP contribution is -2.32. The first-order valence-corrected chi connectivity index (χ1v) is 10.8. The highest BCUT2D eigenvalue weighted by molar-refractivity contribution is 7.17. The fourth-order valence-electron chi connectivity index (χ4n) is 2.83. The Labute approximate surface area is 191 Å². The average molecular weight is 460 g/mol. The predicted octanol–water partition coefficient (Wildman–Crippen LogP) is 1.74. The summed E-state index contributed by atoms with van der Waals surface area (Å²) in [5.41, 5.74) is 7.67. The van der Waals surface area contributed by atoms with Crippen molar-refractivity contribution in [2.75, 3.05) is 38.3 Å². The lowest BCUT2D eigenvalue weighted by atomic mass is 10.1. The van der Waals surface area contributed by atoms with Crippen LogP contribution >= 0.6 is 11.3 Å². The van der Waals surface area contributed by atoms with Crippen LogP contribution in [0.2, 0.25) is 0 Å². The lowest BCUT2D eigenvalue weighted by Gasteiger charge is -2.18. The number of nitrogens with zero attached hydrogens (tertiary/aromatic N) is 3. The summed E-state index contributed by atoms with van der Waals surface area (Å²) >= 11 is 1.13. The number of aryl methyl sites for hydroxylation is 2. The highest BCUT2D eigenvalue weighted by atomic mass is 32.1. The second-order valence-electron chi connectivity index (χ2n) is 7.48. The molecule has 10 nitrogen and oxygen atoms in total. The van der Waals surface area contributed by atoms with Crippen LogP contribution in [0.15, 0.2) is 24.3 Å². The van der Waals surface area contributed by atoms with Crippen LogP contribution in [0.3, 0.4) is 0 Å². The summed E-state index contributed by atoms with van der Waals surface area (Å²) in [4.78, 5) is 44.2. The van der Waals surface area contributed by atoms with Gasteiger partial charge in [-0.1, -0.05) is 23.5 Å². The van der Waals surface area contributed by atoms with Crippen LogP contribution in [0.4, 0.5) is 10.8 Å². The summed E-state index contributed by atoms with van der Waals surface area (Å²) in [5.74, 6) is -0.689. The number of anilines is 2. The van der Waals surface area contributed by atoms with Crippen LogP contribution in [0, 0.1) is 5.41 Å². The van der Waals surface area contributed by atoms with E-state index in [-0.39, 0.29) is 36.6 Å². The van der Waals surface area contributed by atoms with Gasteiger partial charge in [0, 0.05) is 46.7 Å². The third-order valence-electron chi connectivity index (χ3n) is 4.56. The van der Waals surface area contributed by atoms with Crippen LogP contribution in [0.1, 0.15) is 34.3 Å². The molecule has 172 valence electrons. The molecule has 0 atom stereocenters. The Balaban J connectivity index is 2.14. The van der Waals surface area contributed by atoms with Crippen LogP contribution in [-0.2, 0) is 22.4 Å². The van der Waals surface area contributed by atoms with Gasteiger partial charge >= 0.3 is 0 Å². The Morgan fingerprint density at radius 3 is 2.31 bits per heavy atom. The summed E-state index contributed by atoms with van der Waals surface area (Å²) < 4.78 is 0. The zero-order valence-electron chi connectivity index (χ0n) is 18.7. The number of carbonyl (C=O) groups excluding carboxylic acids is 3. The molecule has 0 aliphatic carbocycles. The normalized spacial score (nSPS) is 10.4. The van der Waals surface area contributed by atoms with Crippen molar-refractivity contribution in [1.82, 2.24) is 14.8 Å². The number of hydrogen-bond acceptors (Lipinski definition) is 6. The molecule has 0 spiro atoms. The van der Waals surface area contributed by atoms with E-state index in [2.05, 4.69) is 15.6 Å².